The molecular formula is C13H20N6O2. The zero-order valence-electron chi connectivity index (χ0n) is 12.5. The highest BCUT2D eigenvalue weighted by Gasteiger charge is 2.17. The summed E-state index contributed by atoms with van der Waals surface area (Å²) < 4.78 is 3.50. The standard InChI is InChI=1S/C13H20N6O2/c1-4-10-8-11(18(5-2)15-10)12-14-16-17-19(12)7-6-9(3)13(20)21/h8-9H,4-7H2,1-3H3,(H,20,21). The summed E-state index contributed by atoms with van der Waals surface area (Å²) in [6, 6.07) is 1.98. The van der Waals surface area contributed by atoms with E-state index in [9.17, 15) is 4.79 Å². The van der Waals surface area contributed by atoms with Crippen LogP contribution in [0.2, 0.25) is 0 Å². The van der Waals surface area contributed by atoms with Crippen LogP contribution in [-0.4, -0.2) is 41.1 Å². The maximum atomic E-state index is 10.9. The van der Waals surface area contributed by atoms with Gasteiger partial charge in [0.1, 0.15) is 5.69 Å². The zero-order chi connectivity index (χ0) is 15.4. The van der Waals surface area contributed by atoms with Crippen molar-refractivity contribution in [3.8, 4) is 11.5 Å². The highest BCUT2D eigenvalue weighted by Crippen LogP contribution is 2.19. The topological polar surface area (TPSA) is 98.7 Å². The Bertz CT molecular complexity index is 618. The third-order valence-electron chi connectivity index (χ3n) is 3.45. The van der Waals surface area contributed by atoms with E-state index in [-0.39, 0.29) is 0 Å². The van der Waals surface area contributed by atoms with Gasteiger partial charge in [-0.3, -0.25) is 9.48 Å². The minimum absolute atomic E-state index is 0.427. The van der Waals surface area contributed by atoms with Gasteiger partial charge >= 0.3 is 5.97 Å². The smallest absolute Gasteiger partial charge is 0.306 e. The van der Waals surface area contributed by atoms with Crippen LogP contribution in [0.1, 0.15) is 32.9 Å². The number of rotatable bonds is 7. The van der Waals surface area contributed by atoms with Crippen molar-refractivity contribution in [1.82, 2.24) is 30.0 Å². The molecule has 0 saturated heterocycles. The van der Waals surface area contributed by atoms with Crippen LogP contribution in [-0.2, 0) is 24.3 Å². The summed E-state index contributed by atoms with van der Waals surface area (Å²) in [5.74, 6) is -0.609. The van der Waals surface area contributed by atoms with Gasteiger partial charge in [0, 0.05) is 13.1 Å². The molecule has 0 radical (unpaired) electrons. The predicted octanol–water partition coefficient (Wildman–Crippen LogP) is 1.23. The first-order chi connectivity index (χ1) is 10.1. The second-order valence-corrected chi connectivity index (χ2v) is 4.94. The Morgan fingerprint density at radius 3 is 2.76 bits per heavy atom. The summed E-state index contributed by atoms with van der Waals surface area (Å²) >= 11 is 0. The van der Waals surface area contributed by atoms with Gasteiger partial charge in [0.05, 0.1) is 11.6 Å². The SMILES string of the molecule is CCc1cc(-c2nnnn2CCC(C)C(=O)O)n(CC)n1. The van der Waals surface area contributed by atoms with Crippen LogP contribution < -0.4 is 0 Å². The average Bonchev–Trinajstić information content (AvgIpc) is 3.09. The lowest BCUT2D eigenvalue weighted by Gasteiger charge is -2.08. The number of carbonyl (C=O) groups is 1. The molecule has 2 heterocycles. The monoisotopic (exact) mass is 292 g/mol. The van der Waals surface area contributed by atoms with Crippen molar-refractivity contribution in [2.45, 2.75) is 46.7 Å². The molecule has 0 fully saturated rings. The molecule has 114 valence electrons. The Hall–Kier alpha value is -2.25. The first-order valence-corrected chi connectivity index (χ1v) is 7.12. The lowest BCUT2D eigenvalue weighted by atomic mass is 10.1. The Balaban J connectivity index is 2.23. The van der Waals surface area contributed by atoms with Crippen LogP contribution in [0.3, 0.4) is 0 Å². The summed E-state index contributed by atoms with van der Waals surface area (Å²) in [5, 5.41) is 25.1. The van der Waals surface area contributed by atoms with Crippen LogP contribution in [0.15, 0.2) is 6.07 Å². The highest BCUT2D eigenvalue weighted by molar-refractivity contribution is 5.69. The molecule has 2 aromatic heterocycles. The first-order valence-electron chi connectivity index (χ1n) is 7.12. The minimum atomic E-state index is -0.809. The zero-order valence-corrected chi connectivity index (χ0v) is 12.5. The van der Waals surface area contributed by atoms with E-state index in [4.69, 9.17) is 5.11 Å². The normalized spacial score (nSPS) is 12.5. The van der Waals surface area contributed by atoms with Crippen LogP contribution in [0.5, 0.6) is 0 Å². The fraction of sp³-hybridized carbons (Fsp3) is 0.615. The molecule has 0 aliphatic heterocycles. The molecule has 1 atom stereocenters. The quantitative estimate of drug-likeness (QED) is 0.824. The molecule has 1 N–H and O–H groups in total. The molecule has 2 rings (SSSR count). The molecule has 0 amide bonds. The summed E-state index contributed by atoms with van der Waals surface area (Å²) in [5.41, 5.74) is 1.85. The fourth-order valence-corrected chi connectivity index (χ4v) is 2.04. The van der Waals surface area contributed by atoms with E-state index in [2.05, 4.69) is 20.6 Å². The Morgan fingerprint density at radius 2 is 2.14 bits per heavy atom. The van der Waals surface area contributed by atoms with E-state index in [0.717, 1.165) is 24.4 Å². The van der Waals surface area contributed by atoms with E-state index < -0.39 is 11.9 Å². The molecule has 0 bridgehead atoms. The van der Waals surface area contributed by atoms with Gasteiger partial charge < -0.3 is 5.11 Å². The number of hydrogen-bond donors (Lipinski definition) is 1. The number of aliphatic carboxylic acids is 1. The molecule has 0 aromatic carbocycles. The Labute approximate surface area is 122 Å². The molecular weight excluding hydrogens is 272 g/mol. The molecule has 2 aromatic rings. The van der Waals surface area contributed by atoms with Gasteiger partial charge in [-0.1, -0.05) is 13.8 Å². The van der Waals surface area contributed by atoms with Crippen LogP contribution in [0, 0.1) is 5.92 Å². The molecule has 8 nitrogen and oxygen atoms in total. The van der Waals surface area contributed by atoms with Gasteiger partial charge in [-0.05, 0) is 36.3 Å². The molecule has 0 aliphatic rings. The lowest BCUT2D eigenvalue weighted by molar-refractivity contribution is -0.141. The number of nitrogens with zero attached hydrogens (tertiary/aromatic N) is 6. The number of hydrogen-bond acceptors (Lipinski definition) is 5. The van der Waals surface area contributed by atoms with Gasteiger partial charge in [-0.2, -0.15) is 5.10 Å². The van der Waals surface area contributed by atoms with Gasteiger partial charge in [-0.15, -0.1) is 5.10 Å². The predicted molar refractivity (Wildman–Crippen MR) is 75.5 cm³/mol. The van der Waals surface area contributed by atoms with Gasteiger partial charge in [-0.25, -0.2) is 4.68 Å². The summed E-state index contributed by atoms with van der Waals surface area (Å²) in [7, 11) is 0. The van der Waals surface area contributed by atoms with Crippen molar-refractivity contribution in [2.24, 2.45) is 5.92 Å². The second kappa shape index (κ2) is 6.47. The van der Waals surface area contributed by atoms with Crippen molar-refractivity contribution in [1.29, 1.82) is 0 Å². The molecule has 1 unspecified atom stereocenters. The third kappa shape index (κ3) is 3.26. The first kappa shape index (κ1) is 15.1. The van der Waals surface area contributed by atoms with Gasteiger partial charge in [0.2, 0.25) is 0 Å². The van der Waals surface area contributed by atoms with Crippen LogP contribution in [0.4, 0.5) is 0 Å². The molecule has 0 saturated carbocycles. The molecule has 8 heteroatoms. The second-order valence-electron chi connectivity index (χ2n) is 4.94. The van der Waals surface area contributed by atoms with Gasteiger partial charge in [0.25, 0.3) is 0 Å². The fourth-order valence-electron chi connectivity index (χ4n) is 2.04. The number of carboxylic acids is 1. The van der Waals surface area contributed by atoms with E-state index in [0.29, 0.717) is 18.8 Å². The van der Waals surface area contributed by atoms with Crippen molar-refractivity contribution in [3.63, 3.8) is 0 Å². The number of tetrazole rings is 1. The largest absolute Gasteiger partial charge is 0.481 e. The lowest BCUT2D eigenvalue weighted by Crippen LogP contribution is -2.14. The van der Waals surface area contributed by atoms with Crippen molar-refractivity contribution >= 4 is 5.97 Å². The van der Waals surface area contributed by atoms with E-state index in [1.807, 2.05) is 24.6 Å². The minimum Gasteiger partial charge on any atom is -0.481 e. The van der Waals surface area contributed by atoms with E-state index >= 15 is 0 Å². The molecule has 0 spiro atoms. The van der Waals surface area contributed by atoms with E-state index in [1.54, 1.807) is 11.6 Å². The van der Waals surface area contributed by atoms with E-state index in [1.165, 1.54) is 0 Å². The Kier molecular flexibility index (Phi) is 4.66. The van der Waals surface area contributed by atoms with Crippen molar-refractivity contribution in [3.05, 3.63) is 11.8 Å². The van der Waals surface area contributed by atoms with Gasteiger partial charge in [0.15, 0.2) is 5.82 Å². The molecule has 21 heavy (non-hydrogen) atoms. The van der Waals surface area contributed by atoms with Crippen LogP contribution in [0.25, 0.3) is 11.5 Å². The summed E-state index contributed by atoms with van der Waals surface area (Å²) in [6.45, 7) is 6.93. The van der Waals surface area contributed by atoms with Crippen LogP contribution >= 0.6 is 0 Å². The average molecular weight is 292 g/mol. The number of aromatic nitrogens is 6. The third-order valence-corrected chi connectivity index (χ3v) is 3.45. The number of aryl methyl sites for hydroxylation is 3. The number of carboxylic acid groups (broad SMARTS) is 1. The maximum Gasteiger partial charge on any atom is 0.306 e. The maximum absolute atomic E-state index is 10.9. The summed E-state index contributed by atoms with van der Waals surface area (Å²) in [4.78, 5) is 10.9. The van der Waals surface area contributed by atoms with Crippen molar-refractivity contribution in [2.75, 3.05) is 0 Å². The molecule has 0 aliphatic carbocycles. The highest BCUT2D eigenvalue weighted by atomic mass is 16.4. The van der Waals surface area contributed by atoms with Crippen molar-refractivity contribution < 1.29 is 9.90 Å². The Morgan fingerprint density at radius 1 is 1.38 bits per heavy atom. The summed E-state index contributed by atoms with van der Waals surface area (Å²) in [6.07, 6.45) is 1.33.